The van der Waals surface area contributed by atoms with Gasteiger partial charge in [-0.2, -0.15) is 0 Å². The summed E-state index contributed by atoms with van der Waals surface area (Å²) in [4.78, 5) is 13.0. The van der Waals surface area contributed by atoms with Gasteiger partial charge in [0, 0.05) is 7.11 Å². The molecule has 4 heteroatoms. The van der Waals surface area contributed by atoms with Gasteiger partial charge in [-0.3, -0.25) is 4.90 Å². The van der Waals surface area contributed by atoms with Gasteiger partial charge in [0.15, 0.2) is 0 Å². The lowest BCUT2D eigenvalue weighted by molar-refractivity contribution is -0.164. The van der Waals surface area contributed by atoms with Crippen LogP contribution in [0.15, 0.2) is 0 Å². The van der Waals surface area contributed by atoms with Crippen LogP contribution in [0.5, 0.6) is 0 Å². The highest BCUT2D eigenvalue weighted by molar-refractivity contribution is 5.74. The molecule has 12 heavy (non-hydrogen) atoms. The summed E-state index contributed by atoms with van der Waals surface area (Å²) in [6, 6.07) is 0. The summed E-state index contributed by atoms with van der Waals surface area (Å²) in [5.41, 5.74) is 0. The van der Waals surface area contributed by atoms with Crippen molar-refractivity contribution in [2.75, 3.05) is 27.3 Å². The second-order valence-corrected chi connectivity index (χ2v) is 2.33. The lowest BCUT2D eigenvalue weighted by atomic mass is 10.4. The Morgan fingerprint density at radius 2 is 1.83 bits per heavy atom. The van der Waals surface area contributed by atoms with Crippen molar-refractivity contribution in [2.24, 2.45) is 0 Å². The first-order valence-electron chi connectivity index (χ1n) is 4.05. The third-order valence-corrected chi connectivity index (χ3v) is 1.77. The van der Waals surface area contributed by atoms with E-state index in [1.54, 1.807) is 0 Å². The summed E-state index contributed by atoms with van der Waals surface area (Å²) >= 11 is 0. The van der Waals surface area contributed by atoms with E-state index in [1.807, 2.05) is 18.7 Å². The first-order valence-corrected chi connectivity index (χ1v) is 4.05. The van der Waals surface area contributed by atoms with Crippen LogP contribution >= 0.6 is 0 Å². The molecule has 1 atom stereocenters. The molecule has 0 N–H and O–H groups in total. The number of hydrogen-bond donors (Lipinski definition) is 0. The van der Waals surface area contributed by atoms with E-state index in [4.69, 9.17) is 4.74 Å². The molecule has 0 aromatic rings. The van der Waals surface area contributed by atoms with E-state index in [2.05, 4.69) is 4.74 Å². The Kier molecular flexibility index (Phi) is 5.66. The van der Waals surface area contributed by atoms with Gasteiger partial charge in [-0.15, -0.1) is 0 Å². The minimum atomic E-state index is -0.565. The van der Waals surface area contributed by atoms with Gasteiger partial charge in [-0.05, 0) is 13.1 Å². The van der Waals surface area contributed by atoms with Gasteiger partial charge in [0.05, 0.1) is 7.11 Å². The third-order valence-electron chi connectivity index (χ3n) is 1.77. The second-order valence-electron chi connectivity index (χ2n) is 2.33. The number of esters is 1. The van der Waals surface area contributed by atoms with Gasteiger partial charge in [0.25, 0.3) is 0 Å². The maximum absolute atomic E-state index is 11.1. The Morgan fingerprint density at radius 1 is 1.33 bits per heavy atom. The highest BCUT2D eigenvalue weighted by atomic mass is 16.6. The van der Waals surface area contributed by atoms with Crippen LogP contribution < -0.4 is 0 Å². The highest BCUT2D eigenvalue weighted by Crippen LogP contribution is 2.01. The van der Waals surface area contributed by atoms with Crippen molar-refractivity contribution in [1.29, 1.82) is 0 Å². The summed E-state index contributed by atoms with van der Waals surface area (Å²) in [6.45, 7) is 5.48. The van der Waals surface area contributed by atoms with Gasteiger partial charge < -0.3 is 9.47 Å². The molecule has 0 aliphatic carbocycles. The summed E-state index contributed by atoms with van der Waals surface area (Å²) in [7, 11) is 2.86. The topological polar surface area (TPSA) is 38.8 Å². The average molecular weight is 175 g/mol. The number of likely N-dealkylation sites (N-methyl/N-ethyl adjacent to an activating group) is 1. The number of carbonyl (C=O) groups is 1. The molecule has 0 saturated heterocycles. The van der Waals surface area contributed by atoms with Crippen molar-refractivity contribution in [1.82, 2.24) is 4.90 Å². The maximum atomic E-state index is 11.1. The first-order chi connectivity index (χ1) is 5.71. The van der Waals surface area contributed by atoms with Crippen molar-refractivity contribution in [3.63, 3.8) is 0 Å². The van der Waals surface area contributed by atoms with Crippen LogP contribution in [0.1, 0.15) is 13.8 Å². The molecule has 0 radical (unpaired) electrons. The van der Waals surface area contributed by atoms with E-state index in [1.165, 1.54) is 14.2 Å². The van der Waals surface area contributed by atoms with Crippen LogP contribution in [0.25, 0.3) is 0 Å². The molecule has 1 unspecified atom stereocenters. The quantitative estimate of drug-likeness (QED) is 0.450. The molecule has 0 aliphatic heterocycles. The number of methoxy groups -OCH3 is 2. The third kappa shape index (κ3) is 2.79. The molecule has 0 spiro atoms. The summed E-state index contributed by atoms with van der Waals surface area (Å²) in [5, 5.41) is 0. The zero-order chi connectivity index (χ0) is 9.56. The summed E-state index contributed by atoms with van der Waals surface area (Å²) < 4.78 is 9.58. The van der Waals surface area contributed by atoms with E-state index in [-0.39, 0.29) is 5.97 Å². The molecule has 0 aromatic heterocycles. The molecule has 0 bridgehead atoms. The Morgan fingerprint density at radius 3 is 2.08 bits per heavy atom. The lowest BCUT2D eigenvalue weighted by Gasteiger charge is -2.25. The molecule has 4 nitrogen and oxygen atoms in total. The fourth-order valence-corrected chi connectivity index (χ4v) is 1.05. The van der Waals surface area contributed by atoms with E-state index >= 15 is 0 Å². The largest absolute Gasteiger partial charge is 0.466 e. The summed E-state index contributed by atoms with van der Waals surface area (Å²) in [6.07, 6.45) is -0.565. The Balaban J connectivity index is 4.19. The Labute approximate surface area is 73.4 Å². The fourth-order valence-electron chi connectivity index (χ4n) is 1.05. The number of hydrogen-bond acceptors (Lipinski definition) is 4. The standard InChI is InChI=1S/C8H17NO3/c1-5-9(6-2)7(11-3)8(10)12-4/h7H,5-6H2,1-4H3. The normalized spacial score (nSPS) is 13.1. The van der Waals surface area contributed by atoms with Crippen LogP contribution in [-0.4, -0.2) is 44.4 Å². The molecule has 0 amide bonds. The van der Waals surface area contributed by atoms with Gasteiger partial charge in [-0.25, -0.2) is 4.79 Å². The van der Waals surface area contributed by atoms with Crippen molar-refractivity contribution >= 4 is 5.97 Å². The second kappa shape index (κ2) is 5.97. The average Bonchev–Trinajstić information content (AvgIpc) is 2.12. The predicted molar refractivity (Wildman–Crippen MR) is 45.7 cm³/mol. The number of nitrogens with zero attached hydrogens (tertiary/aromatic N) is 1. The monoisotopic (exact) mass is 175 g/mol. The molecular formula is C8H17NO3. The predicted octanol–water partition coefficient (Wildman–Crippen LogP) is 0.474. The molecule has 0 heterocycles. The maximum Gasteiger partial charge on any atom is 0.350 e. The fraction of sp³-hybridized carbons (Fsp3) is 0.875. The Bertz CT molecular complexity index is 134. The minimum absolute atomic E-state index is 0.346. The highest BCUT2D eigenvalue weighted by Gasteiger charge is 2.23. The van der Waals surface area contributed by atoms with Gasteiger partial charge in [0.1, 0.15) is 0 Å². The van der Waals surface area contributed by atoms with Crippen molar-refractivity contribution in [3.8, 4) is 0 Å². The van der Waals surface area contributed by atoms with Crippen LogP contribution in [0.2, 0.25) is 0 Å². The van der Waals surface area contributed by atoms with Gasteiger partial charge in [-0.1, -0.05) is 13.8 Å². The van der Waals surface area contributed by atoms with E-state index in [9.17, 15) is 4.79 Å². The molecular weight excluding hydrogens is 158 g/mol. The van der Waals surface area contributed by atoms with E-state index < -0.39 is 6.23 Å². The zero-order valence-electron chi connectivity index (χ0n) is 8.16. The molecule has 0 aliphatic rings. The van der Waals surface area contributed by atoms with E-state index in [0.717, 1.165) is 13.1 Å². The van der Waals surface area contributed by atoms with Crippen LogP contribution in [0.4, 0.5) is 0 Å². The molecule has 72 valence electrons. The molecule has 0 fully saturated rings. The van der Waals surface area contributed by atoms with Crippen molar-refractivity contribution in [2.45, 2.75) is 20.1 Å². The van der Waals surface area contributed by atoms with Crippen molar-refractivity contribution in [3.05, 3.63) is 0 Å². The Hall–Kier alpha value is -0.610. The molecule has 0 saturated carbocycles. The smallest absolute Gasteiger partial charge is 0.350 e. The van der Waals surface area contributed by atoms with Gasteiger partial charge >= 0.3 is 5.97 Å². The summed E-state index contributed by atoms with van der Waals surface area (Å²) in [5.74, 6) is -0.346. The minimum Gasteiger partial charge on any atom is -0.466 e. The van der Waals surface area contributed by atoms with Crippen LogP contribution in [-0.2, 0) is 14.3 Å². The van der Waals surface area contributed by atoms with E-state index in [0.29, 0.717) is 0 Å². The van der Waals surface area contributed by atoms with Crippen molar-refractivity contribution < 1.29 is 14.3 Å². The number of carbonyl (C=O) groups excluding carboxylic acids is 1. The zero-order valence-corrected chi connectivity index (χ0v) is 8.16. The molecule has 0 aromatic carbocycles. The molecule has 0 rings (SSSR count). The van der Waals surface area contributed by atoms with Crippen LogP contribution in [0.3, 0.4) is 0 Å². The SMILES string of the molecule is CCN(CC)C(OC)C(=O)OC. The lowest BCUT2D eigenvalue weighted by Crippen LogP contribution is -2.42. The number of ether oxygens (including phenoxy) is 2. The number of rotatable bonds is 5. The first kappa shape index (κ1) is 11.4. The van der Waals surface area contributed by atoms with Gasteiger partial charge in [0.2, 0.25) is 6.23 Å². The van der Waals surface area contributed by atoms with Crippen LogP contribution in [0, 0.1) is 0 Å².